The highest BCUT2D eigenvalue weighted by Gasteiger charge is 2.10. The Morgan fingerprint density at radius 3 is 2.54 bits per heavy atom. The minimum absolute atomic E-state index is 0.0555. The molecular weight excluding hydrogens is 170 g/mol. The van der Waals surface area contributed by atoms with Crippen LogP contribution in [0.4, 0.5) is 0 Å². The summed E-state index contributed by atoms with van der Waals surface area (Å²) < 4.78 is 0. The van der Waals surface area contributed by atoms with Crippen molar-refractivity contribution in [3.8, 4) is 0 Å². The zero-order valence-electron chi connectivity index (χ0n) is 7.76. The van der Waals surface area contributed by atoms with Gasteiger partial charge in [-0.25, -0.2) is 0 Å². The van der Waals surface area contributed by atoms with Crippen LogP contribution < -0.4 is 22.1 Å². The first-order valence-corrected chi connectivity index (χ1v) is 4.12. The highest BCUT2D eigenvalue weighted by Crippen LogP contribution is 1.94. The molecule has 0 aromatic rings. The number of amides is 1. The molecule has 7 N–H and O–H groups in total. The average Bonchev–Trinajstić information content (AvgIpc) is 2.03. The molecular formula is C7H17N5O. The van der Waals surface area contributed by atoms with Gasteiger partial charge in [0.05, 0.1) is 6.04 Å². The Morgan fingerprint density at radius 2 is 2.15 bits per heavy atom. The highest BCUT2D eigenvalue weighted by atomic mass is 16.1. The van der Waals surface area contributed by atoms with Gasteiger partial charge in [-0.3, -0.25) is 10.2 Å². The SMILES string of the molecule is CN[C@H](CCCNC(=N)N)C(N)=O. The van der Waals surface area contributed by atoms with Gasteiger partial charge in [0.15, 0.2) is 5.96 Å². The molecule has 0 rings (SSSR count). The maximum atomic E-state index is 10.7. The topological polar surface area (TPSA) is 117 Å². The lowest BCUT2D eigenvalue weighted by atomic mass is 10.1. The quantitative estimate of drug-likeness (QED) is 0.194. The van der Waals surface area contributed by atoms with Crippen LogP contribution >= 0.6 is 0 Å². The highest BCUT2D eigenvalue weighted by molar-refractivity contribution is 5.79. The number of likely N-dealkylation sites (N-methyl/N-ethyl adjacent to an activating group) is 1. The zero-order chi connectivity index (χ0) is 10.3. The molecule has 0 aromatic heterocycles. The van der Waals surface area contributed by atoms with Crippen LogP contribution in [0, 0.1) is 5.41 Å². The number of hydrogen-bond donors (Lipinski definition) is 5. The maximum Gasteiger partial charge on any atom is 0.234 e. The summed E-state index contributed by atoms with van der Waals surface area (Å²) in [4.78, 5) is 10.7. The fraction of sp³-hybridized carbons (Fsp3) is 0.714. The molecule has 6 nitrogen and oxygen atoms in total. The number of nitrogens with one attached hydrogen (secondary N) is 3. The van der Waals surface area contributed by atoms with Gasteiger partial charge in [-0.05, 0) is 19.9 Å². The third-order valence-corrected chi connectivity index (χ3v) is 1.68. The molecule has 6 heteroatoms. The van der Waals surface area contributed by atoms with E-state index in [4.69, 9.17) is 16.9 Å². The van der Waals surface area contributed by atoms with Gasteiger partial charge in [-0.2, -0.15) is 0 Å². The molecule has 0 aliphatic rings. The van der Waals surface area contributed by atoms with Crippen LogP contribution in [0.5, 0.6) is 0 Å². The first kappa shape index (κ1) is 11.7. The van der Waals surface area contributed by atoms with E-state index in [1.165, 1.54) is 0 Å². The summed E-state index contributed by atoms with van der Waals surface area (Å²) in [6.45, 7) is 0.584. The van der Waals surface area contributed by atoms with Crippen molar-refractivity contribution in [2.75, 3.05) is 13.6 Å². The van der Waals surface area contributed by atoms with Crippen LogP contribution in [0.2, 0.25) is 0 Å². The van der Waals surface area contributed by atoms with Crippen LogP contribution in [0.3, 0.4) is 0 Å². The van der Waals surface area contributed by atoms with E-state index in [1.54, 1.807) is 7.05 Å². The number of nitrogens with two attached hydrogens (primary N) is 2. The van der Waals surface area contributed by atoms with Gasteiger partial charge in [0.25, 0.3) is 0 Å². The molecule has 76 valence electrons. The number of guanidine groups is 1. The number of hydrogen-bond acceptors (Lipinski definition) is 3. The fourth-order valence-electron chi connectivity index (χ4n) is 0.958. The minimum Gasteiger partial charge on any atom is -0.370 e. The fourth-order valence-corrected chi connectivity index (χ4v) is 0.958. The van der Waals surface area contributed by atoms with Crippen molar-refractivity contribution in [3.63, 3.8) is 0 Å². The summed E-state index contributed by atoms with van der Waals surface area (Å²) in [5.74, 6) is -0.412. The van der Waals surface area contributed by atoms with Crippen molar-refractivity contribution in [2.45, 2.75) is 18.9 Å². The van der Waals surface area contributed by atoms with Gasteiger partial charge in [-0.1, -0.05) is 0 Å². The van der Waals surface area contributed by atoms with E-state index in [0.29, 0.717) is 13.0 Å². The van der Waals surface area contributed by atoms with Crippen LogP contribution in [0.15, 0.2) is 0 Å². The smallest absolute Gasteiger partial charge is 0.234 e. The molecule has 1 atom stereocenters. The Labute approximate surface area is 77.6 Å². The van der Waals surface area contributed by atoms with Gasteiger partial charge in [0.1, 0.15) is 0 Å². The predicted molar refractivity (Wildman–Crippen MR) is 51.2 cm³/mol. The van der Waals surface area contributed by atoms with E-state index < -0.39 is 0 Å². The summed E-state index contributed by atoms with van der Waals surface area (Å²) in [6, 6.07) is -0.297. The lowest BCUT2D eigenvalue weighted by molar-refractivity contribution is -0.120. The minimum atomic E-state index is -0.356. The third-order valence-electron chi connectivity index (χ3n) is 1.68. The maximum absolute atomic E-state index is 10.7. The second-order valence-electron chi connectivity index (χ2n) is 2.73. The number of primary amides is 1. The molecule has 0 heterocycles. The molecule has 0 fully saturated rings. The Hall–Kier alpha value is -1.30. The summed E-state index contributed by atoms with van der Waals surface area (Å²) >= 11 is 0. The molecule has 0 spiro atoms. The normalized spacial score (nSPS) is 12.1. The van der Waals surface area contributed by atoms with E-state index in [0.717, 1.165) is 6.42 Å². The Morgan fingerprint density at radius 1 is 1.54 bits per heavy atom. The second kappa shape index (κ2) is 6.24. The standard InChI is InChI=1S/C7H17N5O/c1-11-5(6(8)13)3-2-4-12-7(9)10/h5,11H,2-4H2,1H3,(H2,8,13)(H4,9,10,12)/t5-/m1/s1. The van der Waals surface area contributed by atoms with Crippen LogP contribution in [-0.2, 0) is 4.79 Å². The van der Waals surface area contributed by atoms with E-state index in [-0.39, 0.29) is 17.9 Å². The van der Waals surface area contributed by atoms with E-state index in [9.17, 15) is 4.79 Å². The Kier molecular flexibility index (Phi) is 5.62. The summed E-state index contributed by atoms with van der Waals surface area (Å²) in [6.07, 6.45) is 1.39. The van der Waals surface area contributed by atoms with E-state index >= 15 is 0 Å². The van der Waals surface area contributed by atoms with E-state index in [2.05, 4.69) is 10.6 Å². The third kappa shape index (κ3) is 5.92. The van der Waals surface area contributed by atoms with Gasteiger partial charge >= 0.3 is 0 Å². The first-order chi connectivity index (χ1) is 6.07. The molecule has 0 saturated carbocycles. The predicted octanol–water partition coefficient (Wildman–Crippen LogP) is -1.68. The molecule has 0 aliphatic heterocycles. The van der Waals surface area contributed by atoms with Crippen LogP contribution in [0.25, 0.3) is 0 Å². The zero-order valence-corrected chi connectivity index (χ0v) is 7.76. The Bertz CT molecular complexity index is 182. The van der Waals surface area contributed by atoms with Crippen molar-refractivity contribution < 1.29 is 4.79 Å². The van der Waals surface area contributed by atoms with Gasteiger partial charge < -0.3 is 22.1 Å². The molecule has 0 aromatic carbocycles. The lowest BCUT2D eigenvalue weighted by Gasteiger charge is -2.11. The monoisotopic (exact) mass is 187 g/mol. The molecule has 0 unspecified atom stereocenters. The summed E-state index contributed by atoms with van der Waals surface area (Å²) in [5, 5.41) is 12.3. The number of carbonyl (C=O) groups is 1. The number of rotatable bonds is 6. The van der Waals surface area contributed by atoms with Crippen molar-refractivity contribution in [1.29, 1.82) is 5.41 Å². The largest absolute Gasteiger partial charge is 0.370 e. The van der Waals surface area contributed by atoms with Crippen molar-refractivity contribution in [2.24, 2.45) is 11.5 Å². The van der Waals surface area contributed by atoms with Crippen LogP contribution in [0.1, 0.15) is 12.8 Å². The number of carbonyl (C=O) groups excluding carboxylic acids is 1. The van der Waals surface area contributed by atoms with Crippen molar-refractivity contribution in [1.82, 2.24) is 10.6 Å². The molecule has 0 saturated heterocycles. The van der Waals surface area contributed by atoms with Crippen LogP contribution in [-0.4, -0.2) is 31.5 Å². The first-order valence-electron chi connectivity index (χ1n) is 4.12. The summed E-state index contributed by atoms with van der Waals surface area (Å²) in [5.41, 5.74) is 10.2. The van der Waals surface area contributed by atoms with Crippen molar-refractivity contribution in [3.05, 3.63) is 0 Å². The Balaban J connectivity index is 3.50. The summed E-state index contributed by atoms with van der Waals surface area (Å²) in [7, 11) is 1.69. The van der Waals surface area contributed by atoms with Gasteiger partial charge in [0, 0.05) is 6.54 Å². The lowest BCUT2D eigenvalue weighted by Crippen LogP contribution is -2.40. The average molecular weight is 187 g/mol. The van der Waals surface area contributed by atoms with Gasteiger partial charge in [-0.15, -0.1) is 0 Å². The van der Waals surface area contributed by atoms with E-state index in [1.807, 2.05) is 0 Å². The molecule has 0 bridgehead atoms. The second-order valence-corrected chi connectivity index (χ2v) is 2.73. The molecule has 1 amide bonds. The van der Waals surface area contributed by atoms with Gasteiger partial charge in [0.2, 0.25) is 5.91 Å². The molecule has 13 heavy (non-hydrogen) atoms. The molecule has 0 aliphatic carbocycles. The van der Waals surface area contributed by atoms with Crippen molar-refractivity contribution >= 4 is 11.9 Å². The molecule has 0 radical (unpaired) electrons.